The molecule has 0 aliphatic carbocycles. The Labute approximate surface area is 175 Å². The zero-order chi connectivity index (χ0) is 22.1. The van der Waals surface area contributed by atoms with Crippen molar-refractivity contribution in [3.63, 3.8) is 0 Å². The lowest BCUT2D eigenvalue weighted by atomic mass is 10.1. The Morgan fingerprint density at radius 3 is 2.07 bits per heavy atom. The molecule has 7 nitrogen and oxygen atoms in total. The van der Waals surface area contributed by atoms with Crippen molar-refractivity contribution in [3.8, 4) is 0 Å². The SMILES string of the molecule is CC(C)(C)OC(=O)NCC(=O)Nc1ccc(CNC(=O)Cc2ccc(F)cc2)cc1. The van der Waals surface area contributed by atoms with Crippen molar-refractivity contribution in [1.82, 2.24) is 10.6 Å². The van der Waals surface area contributed by atoms with Gasteiger partial charge in [0.05, 0.1) is 6.42 Å². The molecule has 160 valence electrons. The molecule has 30 heavy (non-hydrogen) atoms. The summed E-state index contributed by atoms with van der Waals surface area (Å²) in [5.74, 6) is -0.902. The van der Waals surface area contributed by atoms with Crippen LogP contribution in [-0.4, -0.2) is 30.1 Å². The Morgan fingerprint density at radius 2 is 1.47 bits per heavy atom. The summed E-state index contributed by atoms with van der Waals surface area (Å²) < 4.78 is 18.0. The molecule has 3 amide bonds. The Hall–Kier alpha value is -3.42. The van der Waals surface area contributed by atoms with Gasteiger partial charge in [-0.15, -0.1) is 0 Å². The van der Waals surface area contributed by atoms with E-state index in [1.165, 1.54) is 12.1 Å². The van der Waals surface area contributed by atoms with Crippen LogP contribution in [0.25, 0.3) is 0 Å². The van der Waals surface area contributed by atoms with Crippen LogP contribution in [0.2, 0.25) is 0 Å². The molecule has 0 unspecified atom stereocenters. The van der Waals surface area contributed by atoms with Crippen LogP contribution in [0, 0.1) is 5.82 Å². The van der Waals surface area contributed by atoms with E-state index in [1.807, 2.05) is 0 Å². The number of rotatable bonds is 7. The maximum Gasteiger partial charge on any atom is 0.408 e. The van der Waals surface area contributed by atoms with Crippen molar-refractivity contribution >= 4 is 23.6 Å². The van der Waals surface area contributed by atoms with E-state index in [-0.39, 0.29) is 30.6 Å². The highest BCUT2D eigenvalue weighted by atomic mass is 19.1. The minimum absolute atomic E-state index is 0.166. The molecule has 0 aromatic heterocycles. The lowest BCUT2D eigenvalue weighted by Gasteiger charge is -2.19. The molecule has 0 aliphatic heterocycles. The minimum atomic E-state index is -0.663. The first-order valence-electron chi connectivity index (χ1n) is 9.47. The van der Waals surface area contributed by atoms with Crippen molar-refractivity contribution in [2.45, 2.75) is 39.3 Å². The standard InChI is InChI=1S/C22H26FN3O4/c1-22(2,3)30-21(29)25-14-20(28)26-18-10-6-16(7-11-18)13-24-19(27)12-15-4-8-17(23)9-5-15/h4-11H,12-14H2,1-3H3,(H,24,27)(H,25,29)(H,26,28). The van der Waals surface area contributed by atoms with Crippen LogP contribution in [0.5, 0.6) is 0 Å². The van der Waals surface area contributed by atoms with Gasteiger partial charge in [-0.05, 0) is 56.2 Å². The number of alkyl carbamates (subject to hydrolysis) is 1. The van der Waals surface area contributed by atoms with E-state index in [0.29, 0.717) is 12.2 Å². The number of carbonyl (C=O) groups is 3. The number of benzene rings is 2. The zero-order valence-corrected chi connectivity index (χ0v) is 17.3. The molecule has 2 aromatic carbocycles. The van der Waals surface area contributed by atoms with Gasteiger partial charge in [-0.3, -0.25) is 9.59 Å². The molecule has 0 heterocycles. The molecule has 0 fully saturated rings. The molecule has 2 aromatic rings. The van der Waals surface area contributed by atoms with Gasteiger partial charge in [-0.2, -0.15) is 0 Å². The first kappa shape index (κ1) is 22.9. The molecule has 0 saturated carbocycles. The molecule has 0 saturated heterocycles. The van der Waals surface area contributed by atoms with Crippen LogP contribution in [0.3, 0.4) is 0 Å². The third kappa shape index (κ3) is 8.72. The second-order valence-electron chi connectivity index (χ2n) is 7.68. The normalized spacial score (nSPS) is 10.8. The van der Waals surface area contributed by atoms with Crippen LogP contribution < -0.4 is 16.0 Å². The van der Waals surface area contributed by atoms with Gasteiger partial charge < -0.3 is 20.7 Å². The van der Waals surface area contributed by atoms with E-state index < -0.39 is 11.7 Å². The number of nitrogens with one attached hydrogen (secondary N) is 3. The topological polar surface area (TPSA) is 96.5 Å². The largest absolute Gasteiger partial charge is 0.444 e. The van der Waals surface area contributed by atoms with Gasteiger partial charge in [-0.25, -0.2) is 9.18 Å². The van der Waals surface area contributed by atoms with Crippen LogP contribution >= 0.6 is 0 Å². The summed E-state index contributed by atoms with van der Waals surface area (Å²) in [6, 6.07) is 12.7. The van der Waals surface area contributed by atoms with E-state index in [9.17, 15) is 18.8 Å². The molecule has 3 N–H and O–H groups in total. The highest BCUT2D eigenvalue weighted by Crippen LogP contribution is 2.10. The van der Waals surface area contributed by atoms with Gasteiger partial charge >= 0.3 is 6.09 Å². The van der Waals surface area contributed by atoms with E-state index in [0.717, 1.165) is 11.1 Å². The van der Waals surface area contributed by atoms with E-state index in [1.54, 1.807) is 57.2 Å². The predicted octanol–water partition coefficient (Wildman–Crippen LogP) is 3.15. The average Bonchev–Trinajstić information content (AvgIpc) is 2.66. The van der Waals surface area contributed by atoms with Gasteiger partial charge in [0.25, 0.3) is 0 Å². The number of amides is 3. The van der Waals surface area contributed by atoms with Gasteiger partial charge in [0, 0.05) is 12.2 Å². The maximum absolute atomic E-state index is 12.9. The molecule has 0 aliphatic rings. The summed E-state index contributed by atoms with van der Waals surface area (Å²) in [5.41, 5.74) is 1.51. The Bertz CT molecular complexity index is 875. The second-order valence-corrected chi connectivity index (χ2v) is 7.68. The van der Waals surface area contributed by atoms with Crippen LogP contribution in [-0.2, 0) is 27.3 Å². The molecule has 0 radical (unpaired) electrons. The number of carbonyl (C=O) groups excluding carboxylic acids is 3. The van der Waals surface area contributed by atoms with Gasteiger partial charge in [0.15, 0.2) is 0 Å². The third-order valence-corrected chi connectivity index (χ3v) is 3.80. The number of hydrogen-bond donors (Lipinski definition) is 3. The number of ether oxygens (including phenoxy) is 1. The van der Waals surface area contributed by atoms with Crippen molar-refractivity contribution in [2.75, 3.05) is 11.9 Å². The molecular weight excluding hydrogens is 389 g/mol. The Kier molecular flexibility index (Phi) is 7.91. The lowest BCUT2D eigenvalue weighted by Crippen LogP contribution is -2.37. The van der Waals surface area contributed by atoms with E-state index in [2.05, 4.69) is 16.0 Å². The smallest absolute Gasteiger partial charge is 0.408 e. The fourth-order valence-electron chi connectivity index (χ4n) is 2.43. The highest BCUT2D eigenvalue weighted by molar-refractivity contribution is 5.93. The van der Waals surface area contributed by atoms with Crippen LogP contribution in [0.1, 0.15) is 31.9 Å². The monoisotopic (exact) mass is 415 g/mol. The summed E-state index contributed by atoms with van der Waals surface area (Å²) in [6.45, 7) is 5.32. The van der Waals surface area contributed by atoms with Crippen molar-refractivity contribution in [1.29, 1.82) is 0 Å². The van der Waals surface area contributed by atoms with Crippen molar-refractivity contribution in [2.24, 2.45) is 0 Å². The summed E-state index contributed by atoms with van der Waals surface area (Å²) in [5, 5.41) is 7.84. The average molecular weight is 415 g/mol. The summed E-state index contributed by atoms with van der Waals surface area (Å²) in [4.78, 5) is 35.5. The highest BCUT2D eigenvalue weighted by Gasteiger charge is 2.16. The predicted molar refractivity (Wildman–Crippen MR) is 111 cm³/mol. The Morgan fingerprint density at radius 1 is 0.867 bits per heavy atom. The molecule has 2 rings (SSSR count). The number of hydrogen-bond acceptors (Lipinski definition) is 4. The van der Waals surface area contributed by atoms with Gasteiger partial charge in [-0.1, -0.05) is 24.3 Å². The first-order valence-corrected chi connectivity index (χ1v) is 9.47. The third-order valence-electron chi connectivity index (χ3n) is 3.80. The zero-order valence-electron chi connectivity index (χ0n) is 17.3. The van der Waals surface area contributed by atoms with E-state index in [4.69, 9.17) is 4.74 Å². The Balaban J connectivity index is 1.73. The number of halogens is 1. The fraction of sp³-hybridized carbons (Fsp3) is 0.318. The van der Waals surface area contributed by atoms with E-state index >= 15 is 0 Å². The van der Waals surface area contributed by atoms with Gasteiger partial charge in [0.2, 0.25) is 11.8 Å². The summed E-state index contributed by atoms with van der Waals surface area (Å²) in [7, 11) is 0. The first-order chi connectivity index (χ1) is 14.1. The summed E-state index contributed by atoms with van der Waals surface area (Å²) >= 11 is 0. The summed E-state index contributed by atoms with van der Waals surface area (Å²) in [6.07, 6.45) is -0.497. The van der Waals surface area contributed by atoms with Crippen molar-refractivity contribution < 1.29 is 23.5 Å². The van der Waals surface area contributed by atoms with Crippen molar-refractivity contribution in [3.05, 3.63) is 65.5 Å². The minimum Gasteiger partial charge on any atom is -0.444 e. The van der Waals surface area contributed by atoms with Gasteiger partial charge in [0.1, 0.15) is 18.0 Å². The second kappa shape index (κ2) is 10.4. The fourth-order valence-corrected chi connectivity index (χ4v) is 2.43. The quantitative estimate of drug-likeness (QED) is 0.647. The lowest BCUT2D eigenvalue weighted by molar-refractivity contribution is -0.120. The maximum atomic E-state index is 12.9. The molecule has 0 atom stereocenters. The van der Waals surface area contributed by atoms with Crippen LogP contribution in [0.15, 0.2) is 48.5 Å². The molecule has 0 spiro atoms. The molecular formula is C22H26FN3O4. The molecule has 0 bridgehead atoms. The number of anilines is 1. The van der Waals surface area contributed by atoms with Crippen LogP contribution in [0.4, 0.5) is 14.9 Å². The molecule has 8 heteroatoms.